The molecule has 20 heavy (non-hydrogen) atoms. The molecule has 8 heteroatoms. The third-order valence-corrected chi connectivity index (χ3v) is 3.62. The van der Waals surface area contributed by atoms with E-state index in [4.69, 9.17) is 4.42 Å². The lowest BCUT2D eigenvalue weighted by Gasteiger charge is -1.99. The van der Waals surface area contributed by atoms with E-state index in [1.54, 1.807) is 6.07 Å². The van der Waals surface area contributed by atoms with E-state index in [0.717, 1.165) is 37.4 Å². The molecule has 0 aromatic carbocycles. The second-order valence-corrected chi connectivity index (χ2v) is 5.31. The molecule has 1 N–H and O–H groups in total. The maximum atomic E-state index is 10.6. The standard InChI is InChI=1S/C12H16N4O3S/c1-2-7-13-8-3-4-10-14-15-12(20-10)9-5-6-11(19-9)16(17)18/h5-6,13H,2-4,7-8H2,1H3. The molecular formula is C12H16N4O3S. The van der Waals surface area contributed by atoms with Crippen LogP contribution in [0.5, 0.6) is 0 Å². The molecule has 2 aromatic rings. The van der Waals surface area contributed by atoms with Crippen molar-refractivity contribution in [1.29, 1.82) is 0 Å². The van der Waals surface area contributed by atoms with Crippen molar-refractivity contribution in [3.8, 4) is 10.8 Å². The van der Waals surface area contributed by atoms with Crippen LogP contribution < -0.4 is 5.32 Å². The molecule has 0 aliphatic carbocycles. The molecule has 0 saturated carbocycles. The summed E-state index contributed by atoms with van der Waals surface area (Å²) in [4.78, 5) is 9.99. The van der Waals surface area contributed by atoms with Crippen LogP contribution in [0.2, 0.25) is 0 Å². The lowest BCUT2D eigenvalue weighted by atomic mass is 10.3. The minimum Gasteiger partial charge on any atom is -0.398 e. The van der Waals surface area contributed by atoms with E-state index in [1.807, 2.05) is 0 Å². The van der Waals surface area contributed by atoms with E-state index in [1.165, 1.54) is 17.4 Å². The monoisotopic (exact) mass is 296 g/mol. The summed E-state index contributed by atoms with van der Waals surface area (Å²) in [5.74, 6) is 0.116. The lowest BCUT2D eigenvalue weighted by Crippen LogP contribution is -2.16. The van der Waals surface area contributed by atoms with Gasteiger partial charge in [-0.25, -0.2) is 0 Å². The second kappa shape index (κ2) is 7.11. The van der Waals surface area contributed by atoms with E-state index in [0.29, 0.717) is 10.8 Å². The molecule has 0 unspecified atom stereocenters. The Morgan fingerprint density at radius 3 is 2.95 bits per heavy atom. The third kappa shape index (κ3) is 3.84. The van der Waals surface area contributed by atoms with Crippen molar-refractivity contribution in [2.45, 2.75) is 26.2 Å². The van der Waals surface area contributed by atoms with Gasteiger partial charge in [0.2, 0.25) is 0 Å². The number of aryl methyl sites for hydroxylation is 1. The molecule has 0 aliphatic rings. The maximum Gasteiger partial charge on any atom is 0.433 e. The highest BCUT2D eigenvalue weighted by molar-refractivity contribution is 7.14. The van der Waals surface area contributed by atoms with Crippen LogP contribution in [0, 0.1) is 10.1 Å². The molecule has 108 valence electrons. The van der Waals surface area contributed by atoms with Crippen molar-refractivity contribution in [1.82, 2.24) is 15.5 Å². The molecule has 0 saturated heterocycles. The molecule has 0 atom stereocenters. The smallest absolute Gasteiger partial charge is 0.398 e. The van der Waals surface area contributed by atoms with Gasteiger partial charge in [0.05, 0.1) is 6.07 Å². The Bertz CT molecular complexity index is 567. The van der Waals surface area contributed by atoms with Crippen molar-refractivity contribution in [2.24, 2.45) is 0 Å². The fraction of sp³-hybridized carbons (Fsp3) is 0.500. The van der Waals surface area contributed by atoms with Crippen LogP contribution in [0.3, 0.4) is 0 Å². The number of nitrogens with zero attached hydrogens (tertiary/aromatic N) is 3. The predicted molar refractivity (Wildman–Crippen MR) is 75.7 cm³/mol. The van der Waals surface area contributed by atoms with Gasteiger partial charge in [0.1, 0.15) is 9.93 Å². The summed E-state index contributed by atoms with van der Waals surface area (Å²) in [7, 11) is 0. The Kier molecular flexibility index (Phi) is 5.19. The number of furan rings is 1. The molecule has 0 spiro atoms. The maximum absolute atomic E-state index is 10.6. The number of nitrogens with one attached hydrogen (secondary N) is 1. The number of hydrogen-bond donors (Lipinski definition) is 1. The van der Waals surface area contributed by atoms with E-state index in [2.05, 4.69) is 22.4 Å². The molecule has 2 aromatic heterocycles. The zero-order chi connectivity index (χ0) is 14.4. The fourth-order valence-electron chi connectivity index (χ4n) is 1.66. The Hall–Kier alpha value is -1.80. The van der Waals surface area contributed by atoms with E-state index >= 15 is 0 Å². The summed E-state index contributed by atoms with van der Waals surface area (Å²) in [5.41, 5.74) is 0. The molecule has 0 amide bonds. The Labute approximate surface area is 120 Å². The summed E-state index contributed by atoms with van der Waals surface area (Å²) in [6.45, 7) is 4.11. The van der Waals surface area contributed by atoms with Crippen molar-refractivity contribution in [2.75, 3.05) is 13.1 Å². The first-order chi connectivity index (χ1) is 9.70. The molecule has 7 nitrogen and oxygen atoms in total. The third-order valence-electron chi connectivity index (χ3n) is 2.62. The van der Waals surface area contributed by atoms with E-state index in [-0.39, 0.29) is 5.88 Å². The van der Waals surface area contributed by atoms with Gasteiger partial charge in [0, 0.05) is 6.42 Å². The first-order valence-electron chi connectivity index (χ1n) is 6.48. The van der Waals surface area contributed by atoms with Crippen LogP contribution in [-0.4, -0.2) is 28.2 Å². The van der Waals surface area contributed by atoms with Gasteiger partial charge in [-0.15, -0.1) is 10.2 Å². The number of nitro groups is 1. The zero-order valence-corrected chi connectivity index (χ0v) is 12.0. The molecule has 0 radical (unpaired) electrons. The van der Waals surface area contributed by atoms with Crippen molar-refractivity contribution < 1.29 is 9.34 Å². The minimum absolute atomic E-state index is 0.277. The van der Waals surface area contributed by atoms with Gasteiger partial charge >= 0.3 is 5.88 Å². The van der Waals surface area contributed by atoms with Crippen molar-refractivity contribution in [3.63, 3.8) is 0 Å². The average molecular weight is 296 g/mol. The highest BCUT2D eigenvalue weighted by atomic mass is 32.1. The fourth-order valence-corrected chi connectivity index (χ4v) is 2.50. The Morgan fingerprint density at radius 1 is 1.40 bits per heavy atom. The molecular weight excluding hydrogens is 280 g/mol. The van der Waals surface area contributed by atoms with Crippen LogP contribution in [0.15, 0.2) is 16.5 Å². The highest BCUT2D eigenvalue weighted by Crippen LogP contribution is 2.28. The van der Waals surface area contributed by atoms with Gasteiger partial charge in [-0.05, 0) is 32.0 Å². The minimum atomic E-state index is -0.565. The summed E-state index contributed by atoms with van der Waals surface area (Å²) >= 11 is 1.41. The summed E-state index contributed by atoms with van der Waals surface area (Å²) < 4.78 is 5.10. The van der Waals surface area contributed by atoms with Gasteiger partial charge in [-0.3, -0.25) is 10.1 Å². The molecule has 0 fully saturated rings. The number of rotatable bonds is 8. The van der Waals surface area contributed by atoms with Crippen LogP contribution >= 0.6 is 11.3 Å². The summed E-state index contributed by atoms with van der Waals surface area (Å²) in [5, 5.41) is 23.4. The van der Waals surface area contributed by atoms with E-state index in [9.17, 15) is 10.1 Å². The van der Waals surface area contributed by atoms with Gasteiger partial charge < -0.3 is 9.73 Å². The van der Waals surface area contributed by atoms with Crippen LogP contribution in [0.25, 0.3) is 10.8 Å². The molecule has 2 rings (SSSR count). The average Bonchev–Trinajstić information content (AvgIpc) is 3.07. The predicted octanol–water partition coefficient (Wildman–Crippen LogP) is 2.64. The number of hydrogen-bond acceptors (Lipinski definition) is 7. The van der Waals surface area contributed by atoms with Gasteiger partial charge in [-0.2, -0.15) is 0 Å². The Morgan fingerprint density at radius 2 is 2.25 bits per heavy atom. The normalized spacial score (nSPS) is 10.8. The van der Waals surface area contributed by atoms with Gasteiger partial charge in [-0.1, -0.05) is 18.3 Å². The lowest BCUT2D eigenvalue weighted by molar-refractivity contribution is -0.401. The molecule has 0 bridgehead atoms. The van der Waals surface area contributed by atoms with Crippen LogP contribution in [-0.2, 0) is 6.42 Å². The first-order valence-corrected chi connectivity index (χ1v) is 7.30. The highest BCUT2D eigenvalue weighted by Gasteiger charge is 2.16. The zero-order valence-electron chi connectivity index (χ0n) is 11.2. The van der Waals surface area contributed by atoms with Crippen molar-refractivity contribution in [3.05, 3.63) is 27.3 Å². The van der Waals surface area contributed by atoms with Crippen LogP contribution in [0.4, 0.5) is 5.88 Å². The van der Waals surface area contributed by atoms with E-state index < -0.39 is 4.92 Å². The Balaban J connectivity index is 1.89. The quantitative estimate of drug-likeness (QED) is 0.457. The molecule has 0 aliphatic heterocycles. The second-order valence-electron chi connectivity index (χ2n) is 4.25. The largest absolute Gasteiger partial charge is 0.433 e. The SMILES string of the molecule is CCCNCCCc1nnc(-c2ccc([N+](=O)[O-])o2)s1. The molecule has 2 heterocycles. The summed E-state index contributed by atoms with van der Waals surface area (Å²) in [6.07, 6.45) is 2.96. The van der Waals surface area contributed by atoms with Crippen LogP contribution in [0.1, 0.15) is 24.8 Å². The van der Waals surface area contributed by atoms with Gasteiger partial charge in [0.15, 0.2) is 10.8 Å². The van der Waals surface area contributed by atoms with Crippen molar-refractivity contribution >= 4 is 17.2 Å². The summed E-state index contributed by atoms with van der Waals surface area (Å²) in [6, 6.07) is 2.87. The van der Waals surface area contributed by atoms with Gasteiger partial charge in [0.25, 0.3) is 0 Å². The topological polar surface area (TPSA) is 94.1 Å². The first kappa shape index (κ1) is 14.6. The number of aromatic nitrogens is 2.